The third-order valence-corrected chi connectivity index (χ3v) is 3.14. The highest BCUT2D eigenvalue weighted by molar-refractivity contribution is 7.98. The lowest BCUT2D eigenvalue weighted by Gasteiger charge is -2.05. The third kappa shape index (κ3) is 2.40. The Balaban J connectivity index is 2.02. The molecular formula is C9H9N4S2-. The number of hydrogen-bond acceptors (Lipinski definition) is 5. The summed E-state index contributed by atoms with van der Waals surface area (Å²) in [5, 5.41) is 8.54. The van der Waals surface area contributed by atoms with Crippen LogP contribution in [-0.4, -0.2) is 14.9 Å². The van der Waals surface area contributed by atoms with E-state index in [1.54, 1.807) is 0 Å². The smallest absolute Gasteiger partial charge is 0.208 e. The van der Waals surface area contributed by atoms with Crippen molar-refractivity contribution >= 4 is 24.4 Å². The molecule has 15 heavy (non-hydrogen) atoms. The summed E-state index contributed by atoms with van der Waals surface area (Å²) in [7, 11) is 0. The van der Waals surface area contributed by atoms with E-state index in [1.807, 2.05) is 18.2 Å². The van der Waals surface area contributed by atoms with Crippen molar-refractivity contribution in [2.24, 2.45) is 0 Å². The van der Waals surface area contributed by atoms with Gasteiger partial charge in [-0.3, -0.25) is 0 Å². The van der Waals surface area contributed by atoms with E-state index in [-0.39, 0.29) is 0 Å². The van der Waals surface area contributed by atoms with Crippen LogP contribution in [0.25, 0.3) is 0 Å². The van der Waals surface area contributed by atoms with Gasteiger partial charge in [0.25, 0.3) is 0 Å². The molecule has 0 aliphatic rings. The molecule has 1 aromatic carbocycles. The van der Waals surface area contributed by atoms with Gasteiger partial charge in [-0.25, -0.2) is 4.68 Å². The number of nitrogens with zero attached hydrogens (tertiary/aromatic N) is 3. The van der Waals surface area contributed by atoms with E-state index in [0.717, 1.165) is 5.75 Å². The molecule has 0 saturated heterocycles. The summed E-state index contributed by atoms with van der Waals surface area (Å²) in [6, 6.07) is 10.1. The van der Waals surface area contributed by atoms with Crippen molar-refractivity contribution < 1.29 is 0 Å². The number of thioether (sulfide) groups is 1. The number of nitrogen functional groups attached to an aromatic ring is 1. The van der Waals surface area contributed by atoms with Crippen molar-refractivity contribution in [2.45, 2.75) is 16.1 Å². The molecule has 1 heterocycles. The van der Waals surface area contributed by atoms with Gasteiger partial charge < -0.3 is 18.5 Å². The van der Waals surface area contributed by atoms with Crippen LogP contribution in [0.1, 0.15) is 5.56 Å². The molecule has 2 aromatic rings. The van der Waals surface area contributed by atoms with Gasteiger partial charge in [0.2, 0.25) is 5.16 Å². The minimum absolute atomic E-state index is 0.311. The molecule has 0 saturated carbocycles. The first-order valence-corrected chi connectivity index (χ1v) is 5.71. The highest BCUT2D eigenvalue weighted by atomic mass is 32.2. The van der Waals surface area contributed by atoms with E-state index in [1.165, 1.54) is 22.0 Å². The van der Waals surface area contributed by atoms with Crippen LogP contribution in [-0.2, 0) is 18.4 Å². The van der Waals surface area contributed by atoms with Crippen molar-refractivity contribution in [3.05, 3.63) is 35.9 Å². The van der Waals surface area contributed by atoms with Crippen LogP contribution in [0.5, 0.6) is 0 Å². The Bertz CT molecular complexity index is 441. The Kier molecular flexibility index (Phi) is 3.08. The summed E-state index contributed by atoms with van der Waals surface area (Å²) in [5.74, 6) is 6.44. The predicted octanol–water partition coefficient (Wildman–Crippen LogP) is 1.19. The lowest BCUT2D eigenvalue weighted by atomic mass is 10.2. The number of nitrogens with two attached hydrogens (primary N) is 1. The van der Waals surface area contributed by atoms with Crippen LogP contribution < -0.4 is 5.84 Å². The fourth-order valence-corrected chi connectivity index (χ4v) is 2.08. The van der Waals surface area contributed by atoms with E-state index in [2.05, 4.69) is 22.3 Å². The third-order valence-electron chi connectivity index (χ3n) is 1.84. The Morgan fingerprint density at radius 3 is 2.60 bits per heavy atom. The second-order valence-electron chi connectivity index (χ2n) is 2.91. The lowest BCUT2D eigenvalue weighted by molar-refractivity contribution is 0.783. The molecule has 2 N–H and O–H groups in total. The second kappa shape index (κ2) is 4.50. The van der Waals surface area contributed by atoms with Gasteiger partial charge in [-0.05, 0) is 5.56 Å². The van der Waals surface area contributed by atoms with Gasteiger partial charge in [0, 0.05) is 10.9 Å². The molecule has 0 spiro atoms. The predicted molar refractivity (Wildman–Crippen MR) is 61.8 cm³/mol. The van der Waals surface area contributed by atoms with Gasteiger partial charge in [0.15, 0.2) is 0 Å². The summed E-state index contributed by atoms with van der Waals surface area (Å²) < 4.78 is 1.32. The van der Waals surface area contributed by atoms with Gasteiger partial charge in [0.05, 0.1) is 0 Å². The van der Waals surface area contributed by atoms with Crippen LogP contribution in [0.2, 0.25) is 0 Å². The first-order valence-electron chi connectivity index (χ1n) is 4.31. The summed E-state index contributed by atoms with van der Waals surface area (Å²) in [4.78, 5) is 0. The van der Waals surface area contributed by atoms with Gasteiger partial charge in [-0.1, -0.05) is 42.1 Å². The molecular weight excluding hydrogens is 228 g/mol. The normalized spacial score (nSPS) is 10.4. The molecule has 0 fully saturated rings. The maximum Gasteiger partial charge on any atom is 0.208 e. The average molecular weight is 237 g/mol. The number of benzene rings is 1. The summed E-state index contributed by atoms with van der Waals surface area (Å²) in [6.07, 6.45) is 0. The largest absolute Gasteiger partial charge is 0.738 e. The molecule has 0 aliphatic heterocycles. The molecule has 1 aromatic heterocycles. The van der Waals surface area contributed by atoms with Crippen LogP contribution >= 0.6 is 11.8 Å². The quantitative estimate of drug-likeness (QED) is 0.494. The molecule has 0 radical (unpaired) electrons. The SMILES string of the molecule is Nn1c([S-])nnc1SCc1ccccc1. The highest BCUT2D eigenvalue weighted by Gasteiger charge is 2.02. The Hall–Kier alpha value is -1.27. The fourth-order valence-electron chi connectivity index (χ4n) is 1.08. The molecule has 78 valence electrons. The van der Waals surface area contributed by atoms with Crippen LogP contribution in [0.4, 0.5) is 0 Å². The van der Waals surface area contributed by atoms with Gasteiger partial charge >= 0.3 is 0 Å². The van der Waals surface area contributed by atoms with Crippen molar-refractivity contribution in [3.8, 4) is 0 Å². The first-order chi connectivity index (χ1) is 7.27. The summed E-state index contributed by atoms with van der Waals surface area (Å²) in [5.41, 5.74) is 1.22. The van der Waals surface area contributed by atoms with E-state index < -0.39 is 0 Å². The van der Waals surface area contributed by atoms with Crippen molar-refractivity contribution in [1.82, 2.24) is 14.9 Å². The van der Waals surface area contributed by atoms with E-state index >= 15 is 0 Å². The van der Waals surface area contributed by atoms with Gasteiger partial charge in [0.1, 0.15) is 0 Å². The van der Waals surface area contributed by atoms with Crippen molar-refractivity contribution in [3.63, 3.8) is 0 Å². The maximum absolute atomic E-state index is 5.63. The minimum Gasteiger partial charge on any atom is -0.738 e. The number of hydrogen-bond donors (Lipinski definition) is 1. The molecule has 0 unspecified atom stereocenters. The Morgan fingerprint density at radius 2 is 2.00 bits per heavy atom. The Morgan fingerprint density at radius 1 is 1.27 bits per heavy atom. The summed E-state index contributed by atoms with van der Waals surface area (Å²) in [6.45, 7) is 0. The number of aromatic nitrogens is 3. The topological polar surface area (TPSA) is 56.7 Å². The van der Waals surface area contributed by atoms with Crippen molar-refractivity contribution in [2.75, 3.05) is 5.84 Å². The fraction of sp³-hybridized carbons (Fsp3) is 0.111. The van der Waals surface area contributed by atoms with E-state index in [4.69, 9.17) is 18.5 Å². The standard InChI is InChI=1S/C9H10N4S2/c10-13-8(14)11-12-9(13)15-6-7-4-2-1-3-5-7/h1-5H,6,10H2,(H,11,14)/p-1. The van der Waals surface area contributed by atoms with Crippen LogP contribution in [0, 0.1) is 0 Å². The van der Waals surface area contributed by atoms with Crippen molar-refractivity contribution in [1.29, 1.82) is 0 Å². The zero-order valence-corrected chi connectivity index (χ0v) is 9.46. The van der Waals surface area contributed by atoms with Crippen LogP contribution in [0.15, 0.2) is 40.6 Å². The molecule has 0 bridgehead atoms. The molecule has 2 rings (SSSR count). The monoisotopic (exact) mass is 237 g/mol. The average Bonchev–Trinajstić information content (AvgIpc) is 2.59. The molecule has 0 amide bonds. The van der Waals surface area contributed by atoms with Crippen LogP contribution in [0.3, 0.4) is 0 Å². The first kappa shape index (κ1) is 10.3. The molecule has 6 heteroatoms. The zero-order chi connectivity index (χ0) is 10.7. The molecule has 4 nitrogen and oxygen atoms in total. The minimum atomic E-state index is 0.311. The summed E-state index contributed by atoms with van der Waals surface area (Å²) >= 11 is 6.37. The van der Waals surface area contributed by atoms with E-state index in [9.17, 15) is 0 Å². The lowest BCUT2D eigenvalue weighted by Crippen LogP contribution is -2.11. The zero-order valence-electron chi connectivity index (χ0n) is 7.83. The number of rotatable bonds is 3. The molecule has 0 atom stereocenters. The van der Waals surface area contributed by atoms with Gasteiger partial charge in [-0.15, -0.1) is 5.10 Å². The molecule has 0 aliphatic carbocycles. The maximum atomic E-state index is 5.63. The second-order valence-corrected chi connectivity index (χ2v) is 4.22. The highest BCUT2D eigenvalue weighted by Crippen LogP contribution is 2.19. The van der Waals surface area contributed by atoms with E-state index in [0.29, 0.717) is 10.3 Å². The Labute approximate surface area is 97.3 Å². The van der Waals surface area contributed by atoms with Gasteiger partial charge in [-0.2, -0.15) is 5.10 Å².